The maximum Gasteiger partial charge on any atom is 0.313 e. The predicted molar refractivity (Wildman–Crippen MR) is 541 cm³/mol. The summed E-state index contributed by atoms with van der Waals surface area (Å²) >= 11 is 0. The van der Waals surface area contributed by atoms with Gasteiger partial charge in [0.1, 0.15) is 17.8 Å². The fourth-order valence-corrected chi connectivity index (χ4v) is 27.9. The molecule has 30 unspecified atom stereocenters. The first-order chi connectivity index (χ1) is 61.3. The fourth-order valence-electron chi connectivity index (χ4n) is 27.9. The average molecular weight is 1820 g/mol. The second kappa shape index (κ2) is 59.4. The van der Waals surface area contributed by atoms with Gasteiger partial charge in [0, 0.05) is 35.5 Å². The predicted octanol–water partition coefficient (Wildman–Crippen LogP) is 31.2. The van der Waals surface area contributed by atoms with E-state index in [0.29, 0.717) is 90.8 Å². The van der Waals surface area contributed by atoms with Gasteiger partial charge in [-0.05, 0) is 297 Å². The van der Waals surface area contributed by atoms with Gasteiger partial charge in [0.25, 0.3) is 0 Å². The Kier molecular flexibility index (Phi) is 56.8. The Labute approximate surface area is 798 Å². The minimum absolute atomic E-state index is 0.00366. The van der Waals surface area contributed by atoms with Crippen LogP contribution in [0.5, 0.6) is 0 Å². The summed E-state index contributed by atoms with van der Waals surface area (Å²) in [6.45, 7) is 90.6. The molecular weight excluding hydrogens is 1610 g/mol. The van der Waals surface area contributed by atoms with E-state index in [0.717, 1.165) is 189 Å². The van der Waals surface area contributed by atoms with Crippen LogP contribution in [0.3, 0.4) is 0 Å². The maximum absolute atomic E-state index is 12.2. The lowest BCUT2D eigenvalue weighted by molar-refractivity contribution is -0.164. The molecule has 15 aliphatic carbocycles. The summed E-state index contributed by atoms with van der Waals surface area (Å²) in [6, 6.07) is 0. The van der Waals surface area contributed by atoms with E-state index in [2.05, 4.69) is 157 Å². The highest BCUT2D eigenvalue weighted by atomic mass is 16.6. The van der Waals surface area contributed by atoms with Gasteiger partial charge in [0.15, 0.2) is 0 Å². The number of fused-ring (bicyclic) bond motifs is 31. The lowest BCUT2D eigenvalue weighted by Gasteiger charge is -2.44. The Morgan fingerprint density at radius 2 is 0.783 bits per heavy atom. The number of carbonyl (C=O) groups excluding carboxylic acids is 7. The van der Waals surface area contributed by atoms with Crippen molar-refractivity contribution in [1.29, 1.82) is 0 Å². The SMILES string of the molecule is CC.CC.CC.CC.CC.CC.CC.CC.CC.CC.CC(C)C.CC(C)C.CC(C)C.CC(C)C.CC(C)C.CC(C)C12CCC(C)(C(=O)O1)C2(C)C.CC(C)C1C2CC3CC(C2)C(=O)OC1C3.O=C1CCCO1.O=C1OC2CC3CC1C2C3.O=C1OCC2C3CC(C12)C1C2CCC(C2)C31.O=C1OCC2C3CCC(C3)C12.O=C1OCCC12CC1CC2C2C3CCC(C3)C12. The highest BCUT2D eigenvalue weighted by Gasteiger charge is 2.74. The largest absolute Gasteiger partial charge is 0.466 e. The van der Waals surface area contributed by atoms with Crippen LogP contribution in [0.4, 0.5) is 0 Å². The third kappa shape index (κ3) is 29.7. The van der Waals surface area contributed by atoms with Crippen molar-refractivity contribution in [1.82, 2.24) is 0 Å². The summed E-state index contributed by atoms with van der Waals surface area (Å²) in [5.41, 5.74) is -0.488. The van der Waals surface area contributed by atoms with Gasteiger partial charge in [-0.2, -0.15) is 0 Å². The Hall–Kier alpha value is -3.71. The van der Waals surface area contributed by atoms with Crippen molar-refractivity contribution in [2.24, 2.45) is 206 Å². The molecule has 23 rings (SSSR count). The molecule has 8 saturated heterocycles. The molecule has 23 fully saturated rings. The quantitative estimate of drug-likeness (QED) is 0.144. The van der Waals surface area contributed by atoms with Crippen molar-refractivity contribution in [3.8, 4) is 0 Å². The van der Waals surface area contributed by atoms with Gasteiger partial charge in [-0.15, -0.1) is 0 Å². The molecule has 0 aromatic heterocycles. The fraction of sp³-hybridized carbons (Fsp3) is 0.939. The van der Waals surface area contributed by atoms with Gasteiger partial charge < -0.3 is 33.2 Å². The smallest absolute Gasteiger partial charge is 0.313 e. The van der Waals surface area contributed by atoms with Crippen molar-refractivity contribution in [3.05, 3.63) is 0 Å². The minimum atomic E-state index is -0.253. The zero-order chi connectivity index (χ0) is 99.4. The minimum Gasteiger partial charge on any atom is -0.466 e. The molecule has 0 amide bonds. The van der Waals surface area contributed by atoms with Crippen molar-refractivity contribution in [2.45, 2.75) is 463 Å². The highest BCUT2D eigenvalue weighted by molar-refractivity contribution is 5.83. The van der Waals surface area contributed by atoms with Crippen LogP contribution in [-0.4, -0.2) is 86.0 Å². The number of ether oxygens (including phenoxy) is 7. The lowest BCUT2D eigenvalue weighted by Crippen LogP contribution is -2.45. The normalized spacial score (nSPS) is 38.4. The first kappa shape index (κ1) is 123. The molecule has 14 nitrogen and oxygen atoms in total. The molecule has 760 valence electrons. The van der Waals surface area contributed by atoms with Crippen LogP contribution < -0.4 is 0 Å². The van der Waals surface area contributed by atoms with E-state index >= 15 is 0 Å². The van der Waals surface area contributed by atoms with Gasteiger partial charge in [-0.25, -0.2) is 0 Å². The number of carbonyl (C=O) groups is 7. The summed E-state index contributed by atoms with van der Waals surface area (Å²) in [5.74, 6) is 24.5. The molecule has 8 heterocycles. The molecule has 18 bridgehead atoms. The van der Waals surface area contributed by atoms with E-state index in [4.69, 9.17) is 28.4 Å². The molecule has 1 spiro atoms. The van der Waals surface area contributed by atoms with Crippen molar-refractivity contribution >= 4 is 41.8 Å². The van der Waals surface area contributed by atoms with E-state index in [1.165, 1.54) is 89.9 Å². The Bertz CT molecular complexity index is 3070. The van der Waals surface area contributed by atoms with E-state index in [-0.39, 0.29) is 75.7 Å². The summed E-state index contributed by atoms with van der Waals surface area (Å²) in [4.78, 5) is 80.0. The Balaban J connectivity index is 0.000000711. The zero-order valence-corrected chi connectivity index (χ0v) is 92.6. The van der Waals surface area contributed by atoms with Crippen LogP contribution in [0.25, 0.3) is 0 Å². The van der Waals surface area contributed by atoms with Crippen LogP contribution in [0, 0.1) is 206 Å². The van der Waals surface area contributed by atoms with Crippen molar-refractivity contribution in [3.63, 3.8) is 0 Å². The molecule has 23 aliphatic rings. The van der Waals surface area contributed by atoms with Crippen LogP contribution >= 0.6 is 0 Å². The van der Waals surface area contributed by atoms with Gasteiger partial charge >= 0.3 is 41.8 Å². The summed E-state index contributed by atoms with van der Waals surface area (Å²) in [5, 5.41) is 0. The second-order valence-corrected chi connectivity index (χ2v) is 44.1. The molecule has 8 aliphatic heterocycles. The van der Waals surface area contributed by atoms with Gasteiger partial charge in [0.2, 0.25) is 0 Å². The number of cyclic esters (lactones) is 4. The second-order valence-electron chi connectivity index (χ2n) is 44.1. The monoisotopic (exact) mass is 1820 g/mol. The summed E-state index contributed by atoms with van der Waals surface area (Å²) in [7, 11) is 0. The van der Waals surface area contributed by atoms with E-state index in [1.807, 2.05) is 138 Å². The van der Waals surface area contributed by atoms with Gasteiger partial charge in [-0.1, -0.05) is 284 Å². The average Bonchev–Trinajstić information content (AvgIpc) is 1.52. The molecule has 15 saturated carbocycles. The molecule has 0 radical (unpaired) electrons. The van der Waals surface area contributed by atoms with Crippen molar-refractivity contribution < 1.29 is 66.7 Å². The third-order valence-electron chi connectivity index (χ3n) is 31.6. The topological polar surface area (TPSA) is 184 Å². The van der Waals surface area contributed by atoms with Crippen LogP contribution in [-0.2, 0) is 66.7 Å². The number of hydrogen-bond acceptors (Lipinski definition) is 14. The Morgan fingerprint density at radius 1 is 0.333 bits per heavy atom. The summed E-state index contributed by atoms with van der Waals surface area (Å²) < 4.78 is 36.8. The van der Waals surface area contributed by atoms with Crippen LogP contribution in [0.1, 0.15) is 445 Å². The lowest BCUT2D eigenvalue weighted by atomic mass is 9.60. The Morgan fingerprint density at radius 3 is 1.19 bits per heavy atom. The standard InChI is InChI=1S/C15H20O2.C14H18O2.C13H20O2.C12H20O2.C9H12O2.C8H10O2.C4H6O2.5C4H10.10C2H6/c16-14-15(3-4-17-14)7-10-6-11(15)13-9-2-1-8(5-9)12(10)13;15-14-13-9-4-8(10(13)5-16-14)11-6-1-2-7(3-6)12(9)11;1-7(2)12-9-3-8-4-10(6-9)13(14)15-11(12)5-8;1-8(2)12-7-6-11(5,9(13)14-12)10(12,3)4;10-9-8-6-2-1-5(3-6)7(8)4-11-9;9-8-6-2-4-1-5(6)7(3-4)10-8;5-4-2-1-3-6-4;5*1-4(2)3;10*1-2/h8-13H,1-7H2;6-13H,1-5H2;7-12H,3-6H2,1-2H3;8H,6-7H2,1-5H3;5-8H,1-4H2;4-7H,1-3H2;1-3H2;5*4H,1-3H3;10*1-2H3. The molecular formula is C115H216O14. The molecule has 14 heteroatoms. The first-order valence-electron chi connectivity index (χ1n) is 55.6. The first-order valence-corrected chi connectivity index (χ1v) is 55.6. The zero-order valence-electron chi connectivity index (χ0n) is 92.6. The van der Waals surface area contributed by atoms with E-state index < -0.39 is 0 Å². The maximum atomic E-state index is 12.2. The summed E-state index contributed by atoms with van der Waals surface area (Å²) in [6.07, 6.45) is 30.2. The number of esters is 7. The van der Waals surface area contributed by atoms with Crippen molar-refractivity contribution in [2.75, 3.05) is 26.4 Å². The van der Waals surface area contributed by atoms with E-state index in [1.54, 1.807) is 0 Å². The van der Waals surface area contributed by atoms with Crippen LogP contribution in [0.15, 0.2) is 0 Å². The number of hydrogen-bond donors (Lipinski definition) is 0. The van der Waals surface area contributed by atoms with Crippen LogP contribution in [0.2, 0.25) is 0 Å². The molecule has 0 aromatic carbocycles. The molecule has 0 aromatic rings. The molecule has 0 N–H and O–H groups in total. The van der Waals surface area contributed by atoms with Gasteiger partial charge in [0.05, 0.1) is 60.9 Å². The molecule has 30 atom stereocenters. The number of rotatable bonds is 2. The highest BCUT2D eigenvalue weighted by Crippen LogP contribution is 2.75. The van der Waals surface area contributed by atoms with E-state index in [9.17, 15) is 33.6 Å². The van der Waals surface area contributed by atoms with Gasteiger partial charge in [-0.3, -0.25) is 33.6 Å². The molecule has 129 heavy (non-hydrogen) atoms. The third-order valence-corrected chi connectivity index (χ3v) is 31.6.